The van der Waals surface area contributed by atoms with Crippen molar-refractivity contribution >= 4 is 17.7 Å². The third-order valence-corrected chi connectivity index (χ3v) is 5.09. The van der Waals surface area contributed by atoms with Crippen LogP contribution in [-0.4, -0.2) is 35.7 Å². The predicted octanol–water partition coefficient (Wildman–Crippen LogP) is 4.46. The Labute approximate surface area is 188 Å². The van der Waals surface area contributed by atoms with Crippen LogP contribution in [0.5, 0.6) is 0 Å². The van der Waals surface area contributed by atoms with E-state index in [-0.39, 0.29) is 31.1 Å². The number of nitrogens with zero attached hydrogens (tertiary/aromatic N) is 1. The highest BCUT2D eigenvalue weighted by atomic mass is 16.5. The quantitative estimate of drug-likeness (QED) is 0.333. The Bertz CT molecular complexity index is 1000. The monoisotopic (exact) mass is 429 g/mol. The smallest absolute Gasteiger partial charge is 0.306 e. The Morgan fingerprint density at radius 3 is 1.88 bits per heavy atom. The molecule has 0 aliphatic rings. The van der Waals surface area contributed by atoms with E-state index in [0.717, 1.165) is 11.1 Å². The van der Waals surface area contributed by atoms with Gasteiger partial charge in [0.15, 0.2) is 12.4 Å². The molecule has 0 aromatic heterocycles. The van der Waals surface area contributed by atoms with Gasteiger partial charge >= 0.3 is 5.97 Å². The second kappa shape index (κ2) is 12.2. The molecule has 0 spiro atoms. The molecule has 0 bridgehead atoms. The molecule has 0 aliphatic heterocycles. The van der Waals surface area contributed by atoms with Crippen molar-refractivity contribution in [2.45, 2.75) is 25.8 Å². The van der Waals surface area contributed by atoms with Gasteiger partial charge in [0.2, 0.25) is 0 Å². The molecule has 3 aromatic carbocycles. The standard InChI is InChI=1S/C27H27NO4/c29-25(24-14-8-3-9-15-24)16-17-27(31)32-21-26(30)28(20-23-12-6-2-7-13-23)19-18-22-10-4-1-5-11-22/h1-15H,16-21H2. The van der Waals surface area contributed by atoms with Gasteiger partial charge in [0.25, 0.3) is 5.91 Å². The third-order valence-electron chi connectivity index (χ3n) is 5.09. The summed E-state index contributed by atoms with van der Waals surface area (Å²) in [5.41, 5.74) is 2.70. The van der Waals surface area contributed by atoms with Crippen molar-refractivity contribution in [1.29, 1.82) is 0 Å². The lowest BCUT2D eigenvalue weighted by Gasteiger charge is -2.23. The van der Waals surface area contributed by atoms with Gasteiger partial charge in [0.05, 0.1) is 6.42 Å². The molecule has 0 fully saturated rings. The van der Waals surface area contributed by atoms with E-state index < -0.39 is 5.97 Å². The van der Waals surface area contributed by atoms with E-state index in [4.69, 9.17) is 4.74 Å². The second-order valence-electron chi connectivity index (χ2n) is 7.49. The van der Waals surface area contributed by atoms with Crippen LogP contribution in [-0.2, 0) is 27.3 Å². The first kappa shape index (κ1) is 22.9. The molecule has 1 amide bonds. The fourth-order valence-corrected chi connectivity index (χ4v) is 3.29. The van der Waals surface area contributed by atoms with Crippen molar-refractivity contribution < 1.29 is 19.1 Å². The minimum Gasteiger partial charge on any atom is -0.456 e. The first-order chi connectivity index (χ1) is 15.6. The van der Waals surface area contributed by atoms with Gasteiger partial charge in [0, 0.05) is 25.1 Å². The fourth-order valence-electron chi connectivity index (χ4n) is 3.29. The fraction of sp³-hybridized carbons (Fsp3) is 0.222. The van der Waals surface area contributed by atoms with Gasteiger partial charge in [-0.15, -0.1) is 0 Å². The summed E-state index contributed by atoms with van der Waals surface area (Å²) in [6, 6.07) is 28.5. The van der Waals surface area contributed by atoms with Gasteiger partial charge in [-0.05, 0) is 17.5 Å². The van der Waals surface area contributed by atoms with Crippen LogP contribution in [0, 0.1) is 0 Å². The van der Waals surface area contributed by atoms with E-state index in [1.807, 2.05) is 66.7 Å². The zero-order valence-corrected chi connectivity index (χ0v) is 18.0. The molecule has 5 nitrogen and oxygen atoms in total. The zero-order chi connectivity index (χ0) is 22.6. The minimum atomic E-state index is -0.551. The Morgan fingerprint density at radius 1 is 0.688 bits per heavy atom. The van der Waals surface area contributed by atoms with Crippen LogP contribution in [0.25, 0.3) is 0 Å². The van der Waals surface area contributed by atoms with Crippen LogP contribution >= 0.6 is 0 Å². The molecule has 3 rings (SSSR count). The van der Waals surface area contributed by atoms with E-state index >= 15 is 0 Å². The largest absolute Gasteiger partial charge is 0.456 e. The third kappa shape index (κ3) is 7.51. The summed E-state index contributed by atoms with van der Waals surface area (Å²) < 4.78 is 5.18. The number of ether oxygens (including phenoxy) is 1. The summed E-state index contributed by atoms with van der Waals surface area (Å²) in [5.74, 6) is -0.930. The van der Waals surface area contributed by atoms with Crippen molar-refractivity contribution in [3.8, 4) is 0 Å². The predicted molar refractivity (Wildman–Crippen MR) is 123 cm³/mol. The Morgan fingerprint density at radius 2 is 1.25 bits per heavy atom. The molecule has 164 valence electrons. The van der Waals surface area contributed by atoms with Gasteiger partial charge in [0.1, 0.15) is 0 Å². The number of hydrogen-bond acceptors (Lipinski definition) is 4. The molecule has 0 saturated carbocycles. The maximum atomic E-state index is 12.8. The number of rotatable bonds is 11. The number of benzene rings is 3. The molecular weight excluding hydrogens is 402 g/mol. The highest BCUT2D eigenvalue weighted by Gasteiger charge is 2.17. The average Bonchev–Trinajstić information content (AvgIpc) is 2.85. The lowest BCUT2D eigenvalue weighted by atomic mass is 10.1. The molecule has 5 heteroatoms. The number of carbonyl (C=O) groups is 3. The Kier molecular flexibility index (Phi) is 8.75. The average molecular weight is 430 g/mol. The summed E-state index contributed by atoms with van der Waals surface area (Å²) in [5, 5.41) is 0. The first-order valence-corrected chi connectivity index (χ1v) is 10.7. The number of esters is 1. The number of hydrogen-bond donors (Lipinski definition) is 0. The number of amides is 1. The lowest BCUT2D eigenvalue weighted by Crippen LogP contribution is -2.35. The summed E-state index contributed by atoms with van der Waals surface area (Å²) in [7, 11) is 0. The molecular formula is C27H27NO4. The van der Waals surface area contributed by atoms with Gasteiger partial charge in [-0.3, -0.25) is 14.4 Å². The second-order valence-corrected chi connectivity index (χ2v) is 7.49. The molecule has 0 aliphatic carbocycles. The van der Waals surface area contributed by atoms with Crippen molar-refractivity contribution in [2.75, 3.05) is 13.2 Å². The normalized spacial score (nSPS) is 10.4. The molecule has 3 aromatic rings. The maximum Gasteiger partial charge on any atom is 0.306 e. The van der Waals surface area contributed by atoms with Gasteiger partial charge in [-0.1, -0.05) is 91.0 Å². The lowest BCUT2D eigenvalue weighted by molar-refractivity contribution is -0.152. The first-order valence-electron chi connectivity index (χ1n) is 10.7. The van der Waals surface area contributed by atoms with Gasteiger partial charge in [-0.25, -0.2) is 0 Å². The van der Waals surface area contributed by atoms with Crippen molar-refractivity contribution in [1.82, 2.24) is 4.90 Å². The zero-order valence-electron chi connectivity index (χ0n) is 18.0. The molecule has 32 heavy (non-hydrogen) atoms. The Balaban J connectivity index is 1.51. The topological polar surface area (TPSA) is 63.7 Å². The van der Waals surface area contributed by atoms with Crippen molar-refractivity contribution in [3.63, 3.8) is 0 Å². The van der Waals surface area contributed by atoms with E-state index in [2.05, 4.69) is 0 Å². The van der Waals surface area contributed by atoms with Crippen LogP contribution in [0.4, 0.5) is 0 Å². The number of carbonyl (C=O) groups excluding carboxylic acids is 3. The van der Waals surface area contributed by atoms with E-state index in [1.54, 1.807) is 29.2 Å². The summed E-state index contributed by atoms with van der Waals surface area (Å²) in [6.07, 6.45) is 0.710. The van der Waals surface area contributed by atoms with E-state index in [9.17, 15) is 14.4 Å². The molecule has 0 unspecified atom stereocenters. The van der Waals surface area contributed by atoms with E-state index in [1.165, 1.54) is 0 Å². The summed E-state index contributed by atoms with van der Waals surface area (Å²) >= 11 is 0. The van der Waals surface area contributed by atoms with Crippen LogP contribution < -0.4 is 0 Å². The molecule has 0 radical (unpaired) electrons. The van der Waals surface area contributed by atoms with Crippen LogP contribution in [0.15, 0.2) is 91.0 Å². The summed E-state index contributed by atoms with van der Waals surface area (Å²) in [4.78, 5) is 38.7. The molecule has 0 saturated heterocycles. The van der Waals surface area contributed by atoms with Crippen LogP contribution in [0.3, 0.4) is 0 Å². The van der Waals surface area contributed by atoms with Crippen molar-refractivity contribution in [2.24, 2.45) is 0 Å². The minimum absolute atomic E-state index is 0.0519. The van der Waals surface area contributed by atoms with Crippen molar-refractivity contribution in [3.05, 3.63) is 108 Å². The van der Waals surface area contributed by atoms with E-state index in [0.29, 0.717) is 25.1 Å². The maximum absolute atomic E-state index is 12.8. The van der Waals surface area contributed by atoms with Gasteiger partial charge in [-0.2, -0.15) is 0 Å². The SMILES string of the molecule is O=C(CCC(=O)c1ccccc1)OCC(=O)N(CCc1ccccc1)Cc1ccccc1. The van der Waals surface area contributed by atoms with Crippen LogP contribution in [0.1, 0.15) is 34.3 Å². The number of ketones is 1. The van der Waals surface area contributed by atoms with Gasteiger partial charge < -0.3 is 9.64 Å². The molecule has 0 atom stereocenters. The number of Topliss-reactive ketones (excluding diaryl/α,β-unsaturated/α-hetero) is 1. The summed E-state index contributed by atoms with van der Waals surface area (Å²) in [6.45, 7) is 0.623. The highest BCUT2D eigenvalue weighted by molar-refractivity contribution is 5.97. The highest BCUT2D eigenvalue weighted by Crippen LogP contribution is 2.09. The Hall–Kier alpha value is -3.73. The van der Waals surface area contributed by atoms with Crippen LogP contribution in [0.2, 0.25) is 0 Å². The molecule has 0 heterocycles. The molecule has 0 N–H and O–H groups in total.